The van der Waals surface area contributed by atoms with Gasteiger partial charge in [-0.1, -0.05) is 0 Å². The van der Waals surface area contributed by atoms with Crippen molar-refractivity contribution < 1.29 is 14.6 Å². The zero-order valence-corrected chi connectivity index (χ0v) is 6.54. The summed E-state index contributed by atoms with van der Waals surface area (Å²) in [7, 11) is 1.35. The lowest BCUT2D eigenvalue weighted by Gasteiger charge is -2.09. The van der Waals surface area contributed by atoms with E-state index in [1.807, 2.05) is 0 Å². The molecule has 1 aromatic rings. The Morgan fingerprint density at radius 3 is 2.67 bits per heavy atom. The van der Waals surface area contributed by atoms with E-state index in [1.54, 1.807) is 4.57 Å². The molecule has 0 fully saturated rings. The highest BCUT2D eigenvalue weighted by Gasteiger charge is 2.16. The molecular formula is C6H9N3O3. The molecule has 0 aliphatic rings. The fourth-order valence-electron chi connectivity index (χ4n) is 0.761. The predicted octanol–water partition coefficient (Wildman–Crippen LogP) is -0.622. The van der Waals surface area contributed by atoms with Crippen molar-refractivity contribution in [1.82, 2.24) is 14.8 Å². The van der Waals surface area contributed by atoms with Gasteiger partial charge in [-0.15, -0.1) is 10.2 Å². The third kappa shape index (κ3) is 2.03. The Morgan fingerprint density at radius 1 is 1.67 bits per heavy atom. The number of carboxylic acids is 1. The van der Waals surface area contributed by atoms with Crippen molar-refractivity contribution >= 4 is 5.97 Å². The number of aliphatic carboxylic acids is 1. The van der Waals surface area contributed by atoms with Gasteiger partial charge >= 0.3 is 5.97 Å². The molecule has 1 unspecified atom stereocenters. The maximum atomic E-state index is 10.5. The highest BCUT2D eigenvalue weighted by atomic mass is 16.5. The molecule has 1 aromatic heterocycles. The van der Waals surface area contributed by atoms with Gasteiger partial charge in [-0.25, -0.2) is 4.79 Å². The van der Waals surface area contributed by atoms with E-state index in [-0.39, 0.29) is 6.54 Å². The number of nitrogens with zero attached hydrogens (tertiary/aromatic N) is 3. The second-order valence-electron chi connectivity index (χ2n) is 2.22. The molecule has 66 valence electrons. The normalized spacial score (nSPS) is 12.8. The van der Waals surface area contributed by atoms with Gasteiger partial charge in [0.25, 0.3) is 0 Å². The van der Waals surface area contributed by atoms with Crippen LogP contribution >= 0.6 is 0 Å². The summed E-state index contributed by atoms with van der Waals surface area (Å²) in [5, 5.41) is 15.7. The lowest BCUT2D eigenvalue weighted by Crippen LogP contribution is -2.27. The highest BCUT2D eigenvalue weighted by Crippen LogP contribution is 1.94. The number of hydrogen-bond donors (Lipinski definition) is 1. The molecule has 0 amide bonds. The second kappa shape index (κ2) is 3.82. The van der Waals surface area contributed by atoms with E-state index in [0.29, 0.717) is 0 Å². The van der Waals surface area contributed by atoms with Crippen molar-refractivity contribution in [3.05, 3.63) is 12.7 Å². The molecule has 0 saturated carbocycles. The largest absolute Gasteiger partial charge is 0.479 e. The molecule has 0 aliphatic carbocycles. The lowest BCUT2D eigenvalue weighted by molar-refractivity contribution is -0.149. The van der Waals surface area contributed by atoms with Crippen molar-refractivity contribution in [3.8, 4) is 0 Å². The monoisotopic (exact) mass is 171 g/mol. The third-order valence-electron chi connectivity index (χ3n) is 1.40. The molecule has 1 atom stereocenters. The van der Waals surface area contributed by atoms with Crippen molar-refractivity contribution in [3.63, 3.8) is 0 Å². The molecular weight excluding hydrogens is 162 g/mol. The van der Waals surface area contributed by atoms with Crippen molar-refractivity contribution in [1.29, 1.82) is 0 Å². The molecule has 1 heterocycles. The number of hydrogen-bond acceptors (Lipinski definition) is 4. The van der Waals surface area contributed by atoms with Crippen LogP contribution < -0.4 is 0 Å². The smallest absolute Gasteiger partial charge is 0.334 e. The number of carboxylic acid groups (broad SMARTS) is 1. The zero-order chi connectivity index (χ0) is 8.97. The van der Waals surface area contributed by atoms with E-state index in [1.165, 1.54) is 19.8 Å². The first-order chi connectivity index (χ1) is 5.74. The van der Waals surface area contributed by atoms with E-state index >= 15 is 0 Å². The zero-order valence-electron chi connectivity index (χ0n) is 6.54. The topological polar surface area (TPSA) is 77.2 Å². The van der Waals surface area contributed by atoms with Gasteiger partial charge < -0.3 is 14.4 Å². The number of carbonyl (C=O) groups is 1. The molecule has 12 heavy (non-hydrogen) atoms. The standard InChI is InChI=1S/C6H9N3O3/c1-12-5(6(10)11)2-9-3-7-8-4-9/h3-5H,2H2,1H3,(H,10,11). The van der Waals surface area contributed by atoms with Gasteiger partial charge in [0, 0.05) is 7.11 Å². The Morgan fingerprint density at radius 2 is 2.25 bits per heavy atom. The molecule has 0 aromatic carbocycles. The Balaban J connectivity index is 2.54. The third-order valence-corrected chi connectivity index (χ3v) is 1.40. The van der Waals surface area contributed by atoms with Crippen LogP contribution in [-0.4, -0.2) is 39.1 Å². The Bertz CT molecular complexity index is 247. The van der Waals surface area contributed by atoms with E-state index in [0.717, 1.165) is 0 Å². The van der Waals surface area contributed by atoms with E-state index < -0.39 is 12.1 Å². The van der Waals surface area contributed by atoms with E-state index in [4.69, 9.17) is 9.84 Å². The fraction of sp³-hybridized carbons (Fsp3) is 0.500. The maximum absolute atomic E-state index is 10.5. The summed E-state index contributed by atoms with van der Waals surface area (Å²) >= 11 is 0. The fourth-order valence-corrected chi connectivity index (χ4v) is 0.761. The van der Waals surface area contributed by atoms with Crippen LogP contribution in [0.1, 0.15) is 0 Å². The molecule has 0 aliphatic heterocycles. The van der Waals surface area contributed by atoms with Crippen LogP contribution in [-0.2, 0) is 16.1 Å². The first-order valence-electron chi connectivity index (χ1n) is 3.32. The minimum atomic E-state index is -0.994. The summed E-state index contributed by atoms with van der Waals surface area (Å²) in [6, 6.07) is 0. The molecule has 6 heteroatoms. The van der Waals surface area contributed by atoms with Gasteiger partial charge in [0.05, 0.1) is 6.54 Å². The molecule has 0 radical (unpaired) electrons. The van der Waals surface area contributed by atoms with Gasteiger partial charge in [-0.05, 0) is 0 Å². The summed E-state index contributed by atoms with van der Waals surface area (Å²) in [5.74, 6) is -0.994. The molecule has 6 nitrogen and oxygen atoms in total. The van der Waals surface area contributed by atoms with E-state index in [2.05, 4.69) is 10.2 Å². The lowest BCUT2D eigenvalue weighted by atomic mass is 10.3. The number of aromatic nitrogens is 3. The summed E-state index contributed by atoms with van der Waals surface area (Å²) < 4.78 is 6.25. The number of ether oxygens (including phenoxy) is 1. The maximum Gasteiger partial charge on any atom is 0.334 e. The molecule has 0 saturated heterocycles. The molecule has 0 bridgehead atoms. The van der Waals surface area contributed by atoms with E-state index in [9.17, 15) is 4.79 Å². The van der Waals surface area contributed by atoms with Crippen molar-refractivity contribution in [2.45, 2.75) is 12.6 Å². The first-order valence-corrected chi connectivity index (χ1v) is 3.32. The van der Waals surface area contributed by atoms with Crippen LogP contribution in [0.2, 0.25) is 0 Å². The highest BCUT2D eigenvalue weighted by molar-refractivity contribution is 5.72. The predicted molar refractivity (Wildman–Crippen MR) is 38.5 cm³/mol. The second-order valence-corrected chi connectivity index (χ2v) is 2.22. The summed E-state index contributed by atoms with van der Waals surface area (Å²) in [6.07, 6.45) is 2.03. The summed E-state index contributed by atoms with van der Waals surface area (Å²) in [4.78, 5) is 10.5. The molecule has 1 rings (SSSR count). The van der Waals surface area contributed by atoms with Crippen LogP contribution in [0.3, 0.4) is 0 Å². The van der Waals surface area contributed by atoms with Crippen LogP contribution in [0, 0.1) is 0 Å². The van der Waals surface area contributed by atoms with Gasteiger partial charge in [0.15, 0.2) is 6.10 Å². The molecule has 1 N–H and O–H groups in total. The first kappa shape index (κ1) is 8.66. The SMILES string of the molecule is COC(Cn1cnnc1)C(=O)O. The van der Waals surface area contributed by atoms with Crippen LogP contribution in [0.15, 0.2) is 12.7 Å². The van der Waals surface area contributed by atoms with Gasteiger partial charge in [-0.2, -0.15) is 0 Å². The average Bonchev–Trinajstić information content (AvgIpc) is 2.51. The number of rotatable bonds is 4. The minimum absolute atomic E-state index is 0.221. The average molecular weight is 171 g/mol. The number of methoxy groups -OCH3 is 1. The Hall–Kier alpha value is -1.43. The Kier molecular flexibility index (Phi) is 2.76. The van der Waals surface area contributed by atoms with Crippen LogP contribution in [0.5, 0.6) is 0 Å². The van der Waals surface area contributed by atoms with Gasteiger partial charge in [0.2, 0.25) is 0 Å². The quantitative estimate of drug-likeness (QED) is 0.653. The Labute approximate surface area is 68.8 Å². The van der Waals surface area contributed by atoms with Gasteiger partial charge in [-0.3, -0.25) is 0 Å². The van der Waals surface area contributed by atoms with Crippen LogP contribution in [0.4, 0.5) is 0 Å². The van der Waals surface area contributed by atoms with Crippen LogP contribution in [0.25, 0.3) is 0 Å². The molecule has 0 spiro atoms. The van der Waals surface area contributed by atoms with Crippen molar-refractivity contribution in [2.75, 3.05) is 7.11 Å². The summed E-state index contributed by atoms with van der Waals surface area (Å²) in [6.45, 7) is 0.221. The summed E-state index contributed by atoms with van der Waals surface area (Å²) in [5.41, 5.74) is 0. The minimum Gasteiger partial charge on any atom is -0.479 e. The van der Waals surface area contributed by atoms with Gasteiger partial charge in [0.1, 0.15) is 12.7 Å². The van der Waals surface area contributed by atoms with Crippen molar-refractivity contribution in [2.24, 2.45) is 0 Å².